The van der Waals surface area contributed by atoms with Gasteiger partial charge >= 0.3 is 5.97 Å². The average molecular weight is 395 g/mol. The van der Waals surface area contributed by atoms with Crippen LogP contribution >= 0.6 is 0 Å². The third-order valence-electron chi connectivity index (χ3n) is 4.97. The van der Waals surface area contributed by atoms with E-state index in [0.717, 1.165) is 49.6 Å². The minimum absolute atomic E-state index is 0.337. The Morgan fingerprint density at radius 2 is 1.90 bits per heavy atom. The number of hydrogen-bond acceptors (Lipinski definition) is 7. The van der Waals surface area contributed by atoms with Crippen LogP contribution in [0.5, 0.6) is 0 Å². The van der Waals surface area contributed by atoms with Crippen molar-refractivity contribution in [1.82, 2.24) is 15.0 Å². The number of para-hydroxylation sites is 1. The maximum atomic E-state index is 14.1. The van der Waals surface area contributed by atoms with Crippen LogP contribution in [0.15, 0.2) is 42.9 Å². The molecule has 0 aliphatic carbocycles. The molecule has 0 N–H and O–H groups in total. The lowest BCUT2D eigenvalue weighted by atomic mass is 10.2. The number of pyridine rings is 1. The fraction of sp³-hybridized carbons (Fsp3) is 0.333. The largest absolute Gasteiger partial charge is 0.462 e. The van der Waals surface area contributed by atoms with E-state index in [9.17, 15) is 9.18 Å². The van der Waals surface area contributed by atoms with Crippen molar-refractivity contribution in [2.75, 3.05) is 42.6 Å². The molecule has 7 nitrogen and oxygen atoms in total. The van der Waals surface area contributed by atoms with E-state index in [1.807, 2.05) is 12.1 Å². The summed E-state index contributed by atoms with van der Waals surface area (Å²) >= 11 is 0. The quantitative estimate of drug-likeness (QED) is 0.629. The fourth-order valence-corrected chi connectivity index (χ4v) is 3.56. The number of ether oxygens (including phenoxy) is 1. The number of nitrogens with zero attached hydrogens (tertiary/aromatic N) is 5. The molecule has 0 bridgehead atoms. The van der Waals surface area contributed by atoms with E-state index in [-0.39, 0.29) is 11.8 Å². The molecule has 0 spiro atoms. The molecule has 1 fully saturated rings. The molecule has 29 heavy (non-hydrogen) atoms. The summed E-state index contributed by atoms with van der Waals surface area (Å²) in [6.45, 7) is 5.22. The van der Waals surface area contributed by atoms with Gasteiger partial charge in [-0.3, -0.25) is 0 Å². The Morgan fingerprint density at radius 1 is 1.07 bits per heavy atom. The molecular formula is C21H22FN5O2. The molecule has 0 amide bonds. The van der Waals surface area contributed by atoms with E-state index in [2.05, 4.69) is 24.8 Å². The second kappa shape index (κ2) is 8.38. The Bertz CT molecular complexity index is 1010. The third kappa shape index (κ3) is 3.96. The molecule has 1 aromatic carbocycles. The van der Waals surface area contributed by atoms with Gasteiger partial charge < -0.3 is 14.5 Å². The van der Waals surface area contributed by atoms with Crippen molar-refractivity contribution in [2.45, 2.75) is 13.3 Å². The first-order valence-electron chi connectivity index (χ1n) is 9.69. The number of fused-ring (bicyclic) bond motifs is 1. The lowest BCUT2D eigenvalue weighted by molar-refractivity contribution is 0.0526. The molecule has 1 aliphatic rings. The lowest BCUT2D eigenvalue weighted by Crippen LogP contribution is -2.31. The molecule has 1 saturated heterocycles. The van der Waals surface area contributed by atoms with Crippen LogP contribution in [0.3, 0.4) is 0 Å². The molecule has 8 heteroatoms. The van der Waals surface area contributed by atoms with E-state index >= 15 is 0 Å². The molecule has 2 aromatic heterocycles. The summed E-state index contributed by atoms with van der Waals surface area (Å²) in [7, 11) is 0. The van der Waals surface area contributed by atoms with Gasteiger partial charge in [0.1, 0.15) is 29.3 Å². The van der Waals surface area contributed by atoms with Crippen LogP contribution in [-0.4, -0.2) is 53.7 Å². The minimum Gasteiger partial charge on any atom is -0.462 e. The summed E-state index contributed by atoms with van der Waals surface area (Å²) in [5.74, 6) is 0.866. The van der Waals surface area contributed by atoms with Gasteiger partial charge in [-0.2, -0.15) is 0 Å². The number of carbonyl (C=O) groups is 1. The smallest absolute Gasteiger partial charge is 0.339 e. The van der Waals surface area contributed by atoms with Crippen molar-refractivity contribution >= 4 is 28.5 Å². The number of aromatic nitrogens is 3. The Hall–Kier alpha value is -3.29. The molecule has 150 valence electrons. The van der Waals surface area contributed by atoms with Crippen molar-refractivity contribution in [2.24, 2.45) is 0 Å². The zero-order valence-electron chi connectivity index (χ0n) is 16.2. The number of esters is 1. The standard InChI is InChI=1S/C21H22FN5O2/c1-2-29-21(28)15-7-8-18(23-13-15)26-9-4-10-27(12-11-26)20-16-5-3-6-17(22)19(16)24-14-25-20/h3,5-8,13-14H,2,4,9-12H2,1H3. The van der Waals surface area contributed by atoms with Crippen LogP contribution in [0.2, 0.25) is 0 Å². The topological polar surface area (TPSA) is 71.5 Å². The maximum absolute atomic E-state index is 14.1. The number of halogens is 1. The molecular weight excluding hydrogens is 373 g/mol. The SMILES string of the molecule is CCOC(=O)c1ccc(N2CCCN(c3ncnc4c(F)cccc34)CC2)nc1. The number of benzene rings is 1. The minimum atomic E-state index is -0.364. The van der Waals surface area contributed by atoms with Gasteiger partial charge in [0.25, 0.3) is 0 Å². The highest BCUT2D eigenvalue weighted by atomic mass is 19.1. The van der Waals surface area contributed by atoms with Crippen LogP contribution in [0, 0.1) is 5.82 Å². The second-order valence-electron chi connectivity index (χ2n) is 6.79. The van der Waals surface area contributed by atoms with Gasteiger partial charge in [0.15, 0.2) is 0 Å². The first-order valence-corrected chi connectivity index (χ1v) is 9.69. The fourth-order valence-electron chi connectivity index (χ4n) is 3.56. The van der Waals surface area contributed by atoms with Gasteiger partial charge in [-0.25, -0.2) is 24.1 Å². The molecule has 3 heterocycles. The molecule has 0 radical (unpaired) electrons. The third-order valence-corrected chi connectivity index (χ3v) is 4.97. The Balaban J connectivity index is 1.50. The molecule has 3 aromatic rings. The summed E-state index contributed by atoms with van der Waals surface area (Å²) in [6, 6.07) is 8.53. The summed E-state index contributed by atoms with van der Waals surface area (Å²) in [5, 5.41) is 0.720. The van der Waals surface area contributed by atoms with Crippen molar-refractivity contribution in [3.8, 4) is 0 Å². The van der Waals surface area contributed by atoms with Crippen molar-refractivity contribution in [3.05, 3.63) is 54.2 Å². The highest BCUT2D eigenvalue weighted by Crippen LogP contribution is 2.26. The monoisotopic (exact) mass is 395 g/mol. The molecule has 0 atom stereocenters. The van der Waals surface area contributed by atoms with E-state index < -0.39 is 0 Å². The number of rotatable bonds is 4. The molecule has 4 rings (SSSR count). The van der Waals surface area contributed by atoms with Crippen LogP contribution in [0.4, 0.5) is 16.0 Å². The highest BCUT2D eigenvalue weighted by Gasteiger charge is 2.20. The van der Waals surface area contributed by atoms with E-state index in [1.165, 1.54) is 12.4 Å². The normalized spacial score (nSPS) is 14.7. The van der Waals surface area contributed by atoms with Gasteiger partial charge in [-0.05, 0) is 37.6 Å². The number of anilines is 2. The first kappa shape index (κ1) is 19.0. The van der Waals surface area contributed by atoms with Crippen molar-refractivity contribution in [3.63, 3.8) is 0 Å². The average Bonchev–Trinajstić information content (AvgIpc) is 3.00. The maximum Gasteiger partial charge on any atom is 0.339 e. The summed E-state index contributed by atoms with van der Waals surface area (Å²) in [4.78, 5) is 29.1. The molecule has 1 aliphatic heterocycles. The van der Waals surface area contributed by atoms with Crippen LogP contribution in [0.1, 0.15) is 23.7 Å². The van der Waals surface area contributed by atoms with Crippen LogP contribution < -0.4 is 9.80 Å². The van der Waals surface area contributed by atoms with Gasteiger partial charge in [0.2, 0.25) is 0 Å². The summed E-state index contributed by atoms with van der Waals surface area (Å²) < 4.78 is 19.1. The molecule has 0 unspecified atom stereocenters. The number of carbonyl (C=O) groups excluding carboxylic acids is 1. The number of hydrogen-bond donors (Lipinski definition) is 0. The summed E-state index contributed by atoms with van der Waals surface area (Å²) in [6.07, 6.45) is 3.87. The zero-order valence-corrected chi connectivity index (χ0v) is 16.2. The second-order valence-corrected chi connectivity index (χ2v) is 6.79. The van der Waals surface area contributed by atoms with Crippen molar-refractivity contribution in [1.29, 1.82) is 0 Å². The van der Waals surface area contributed by atoms with Crippen LogP contribution in [-0.2, 0) is 4.74 Å². The van der Waals surface area contributed by atoms with Gasteiger partial charge in [0, 0.05) is 37.8 Å². The predicted molar refractivity (Wildman–Crippen MR) is 109 cm³/mol. The van der Waals surface area contributed by atoms with E-state index in [4.69, 9.17) is 4.74 Å². The van der Waals surface area contributed by atoms with Crippen LogP contribution in [0.25, 0.3) is 10.9 Å². The Kier molecular flexibility index (Phi) is 5.50. The zero-order chi connectivity index (χ0) is 20.2. The van der Waals surface area contributed by atoms with Crippen molar-refractivity contribution < 1.29 is 13.9 Å². The molecule has 0 saturated carbocycles. The lowest BCUT2D eigenvalue weighted by Gasteiger charge is -2.24. The van der Waals surface area contributed by atoms with Gasteiger partial charge in [-0.1, -0.05) is 6.07 Å². The van der Waals surface area contributed by atoms with Gasteiger partial charge in [0.05, 0.1) is 12.2 Å². The summed E-state index contributed by atoms with van der Waals surface area (Å²) in [5.41, 5.74) is 0.788. The van der Waals surface area contributed by atoms with E-state index in [1.54, 1.807) is 25.3 Å². The Morgan fingerprint density at radius 3 is 2.69 bits per heavy atom. The first-order chi connectivity index (χ1) is 14.2. The van der Waals surface area contributed by atoms with E-state index in [0.29, 0.717) is 17.7 Å². The van der Waals surface area contributed by atoms with Gasteiger partial charge in [-0.15, -0.1) is 0 Å². The Labute approximate surface area is 168 Å². The highest BCUT2D eigenvalue weighted by molar-refractivity contribution is 5.90. The predicted octanol–water partition coefficient (Wildman–Crippen LogP) is 3.06.